The van der Waals surface area contributed by atoms with E-state index < -0.39 is 17.7 Å². The van der Waals surface area contributed by atoms with Gasteiger partial charge in [0.15, 0.2) is 6.10 Å². The molecule has 0 aliphatic heterocycles. The van der Waals surface area contributed by atoms with Crippen molar-refractivity contribution in [2.24, 2.45) is 11.8 Å². The van der Waals surface area contributed by atoms with Crippen LogP contribution in [0.15, 0.2) is 42.6 Å². The molecule has 3 aromatic rings. The molecule has 0 spiro atoms. The summed E-state index contributed by atoms with van der Waals surface area (Å²) in [5.41, 5.74) is 4.52. The Kier molecular flexibility index (Phi) is 9.35. The monoisotopic (exact) mass is 561 g/mol. The Bertz CT molecular complexity index is 1330. The van der Waals surface area contributed by atoms with E-state index in [1.54, 1.807) is 19.4 Å². The van der Waals surface area contributed by atoms with E-state index >= 15 is 0 Å². The van der Waals surface area contributed by atoms with Crippen LogP contribution in [0, 0.1) is 25.7 Å². The Hall–Kier alpha value is -3.88. The molecular weight excluding hydrogens is 518 g/mol. The zero-order valence-electron chi connectivity index (χ0n) is 25.3. The molecule has 1 fully saturated rings. The lowest BCUT2D eigenvalue weighted by atomic mass is 9.80. The first-order valence-corrected chi connectivity index (χ1v) is 14.4. The third kappa shape index (κ3) is 7.86. The van der Waals surface area contributed by atoms with Crippen molar-refractivity contribution < 1.29 is 19.1 Å². The van der Waals surface area contributed by atoms with Crippen molar-refractivity contribution in [3.05, 3.63) is 59.5 Å². The lowest BCUT2D eigenvalue weighted by Gasteiger charge is -2.32. The van der Waals surface area contributed by atoms with E-state index in [2.05, 4.69) is 22.5 Å². The van der Waals surface area contributed by atoms with Gasteiger partial charge in [-0.1, -0.05) is 31.9 Å². The Morgan fingerprint density at radius 1 is 1.05 bits per heavy atom. The maximum absolute atomic E-state index is 13.4. The number of nitrogens with one attached hydrogen (secondary N) is 2. The normalized spacial score (nSPS) is 17.9. The van der Waals surface area contributed by atoms with Crippen molar-refractivity contribution in [2.75, 3.05) is 12.4 Å². The maximum Gasteiger partial charge on any atom is 0.408 e. The van der Waals surface area contributed by atoms with Crippen LogP contribution in [-0.4, -0.2) is 45.5 Å². The van der Waals surface area contributed by atoms with Gasteiger partial charge in [-0.15, -0.1) is 0 Å². The Morgan fingerprint density at radius 3 is 2.32 bits per heavy atom. The minimum absolute atomic E-state index is 0.0296. The average Bonchev–Trinajstić information content (AvgIpc) is 3.20. The smallest absolute Gasteiger partial charge is 0.408 e. The first-order valence-electron chi connectivity index (χ1n) is 14.4. The average molecular weight is 562 g/mol. The molecule has 9 nitrogen and oxygen atoms in total. The zero-order valence-corrected chi connectivity index (χ0v) is 25.3. The summed E-state index contributed by atoms with van der Waals surface area (Å²) < 4.78 is 13.0. The van der Waals surface area contributed by atoms with Crippen molar-refractivity contribution in [3.63, 3.8) is 0 Å². The molecule has 1 unspecified atom stereocenters. The minimum atomic E-state index is -0.882. The fourth-order valence-corrected chi connectivity index (χ4v) is 5.39. The van der Waals surface area contributed by atoms with Crippen molar-refractivity contribution in [3.8, 4) is 16.9 Å². The summed E-state index contributed by atoms with van der Waals surface area (Å²) in [6.45, 7) is 12.5. The molecule has 0 bridgehead atoms. The Morgan fingerprint density at radius 2 is 1.73 bits per heavy atom. The number of hydrogen-bond donors (Lipinski definition) is 2. The molecule has 1 atom stereocenters. The van der Waals surface area contributed by atoms with E-state index in [1.165, 1.54) is 0 Å². The molecule has 1 saturated carbocycles. The summed E-state index contributed by atoms with van der Waals surface area (Å²) in [6.07, 6.45) is 3.98. The fourth-order valence-electron chi connectivity index (χ4n) is 5.39. The molecule has 2 N–H and O–H groups in total. The van der Waals surface area contributed by atoms with Gasteiger partial charge in [0.1, 0.15) is 11.6 Å². The molecule has 2 aromatic heterocycles. The summed E-state index contributed by atoms with van der Waals surface area (Å²) >= 11 is 0. The van der Waals surface area contributed by atoms with E-state index in [9.17, 15) is 9.59 Å². The van der Waals surface area contributed by atoms with Crippen LogP contribution in [-0.2, 0) is 16.1 Å². The highest BCUT2D eigenvalue weighted by Crippen LogP contribution is 2.33. The number of hydrogen-bond acceptors (Lipinski definition) is 6. The van der Waals surface area contributed by atoms with E-state index in [-0.39, 0.29) is 11.8 Å². The number of rotatable bonds is 8. The van der Waals surface area contributed by atoms with Crippen LogP contribution >= 0.6 is 0 Å². The molecule has 220 valence electrons. The van der Waals surface area contributed by atoms with Crippen molar-refractivity contribution >= 4 is 17.8 Å². The van der Waals surface area contributed by atoms with Crippen molar-refractivity contribution in [2.45, 2.75) is 85.4 Å². The summed E-state index contributed by atoms with van der Waals surface area (Å²) in [5.74, 6) is 1.46. The first-order chi connectivity index (χ1) is 19.4. The molecule has 0 saturated heterocycles. The van der Waals surface area contributed by atoms with Crippen molar-refractivity contribution in [1.82, 2.24) is 20.1 Å². The molecule has 0 radical (unpaired) electrons. The number of aryl methyl sites for hydroxylation is 1. The van der Waals surface area contributed by atoms with Gasteiger partial charge >= 0.3 is 6.09 Å². The molecule has 4 rings (SSSR count). The predicted molar refractivity (Wildman–Crippen MR) is 160 cm³/mol. The molecule has 1 aliphatic carbocycles. The number of nitrogens with zero attached hydrogens (tertiary/aromatic N) is 3. The SMILES string of the molecule is COc1ccc(Cn2nc(C)c(-c3ccc(NC(=O)C(OC(=O)NC(C)(C)C)C4CCC(C)CC4)nc3)c2C)cc1. The van der Waals surface area contributed by atoms with Gasteiger partial charge in [0.05, 0.1) is 19.3 Å². The van der Waals surface area contributed by atoms with E-state index in [0.717, 1.165) is 59.5 Å². The second-order valence-electron chi connectivity index (χ2n) is 12.2. The maximum atomic E-state index is 13.4. The molecule has 2 heterocycles. The highest BCUT2D eigenvalue weighted by Gasteiger charge is 2.35. The number of amides is 2. The zero-order chi connectivity index (χ0) is 29.7. The van der Waals surface area contributed by atoms with Gasteiger partial charge in [0.2, 0.25) is 0 Å². The van der Waals surface area contributed by atoms with Gasteiger partial charge in [-0.2, -0.15) is 5.10 Å². The van der Waals surface area contributed by atoms with Gasteiger partial charge in [0.25, 0.3) is 5.91 Å². The summed E-state index contributed by atoms with van der Waals surface area (Å²) in [7, 11) is 1.66. The van der Waals surface area contributed by atoms with Crippen LogP contribution in [0.1, 0.15) is 70.3 Å². The lowest BCUT2D eigenvalue weighted by molar-refractivity contribution is -0.128. The lowest BCUT2D eigenvalue weighted by Crippen LogP contribution is -2.47. The number of pyridine rings is 1. The van der Waals surface area contributed by atoms with E-state index in [1.807, 2.05) is 69.6 Å². The standard InChI is InChI=1S/C32H43N5O4/c1-20-8-12-24(13-9-20)29(41-31(39)35-32(4,5)6)30(38)34-27-17-14-25(18-33-27)28-21(2)36-37(22(28)3)19-23-10-15-26(40-7)16-11-23/h10-11,14-18,20,24,29H,8-9,12-13,19H2,1-7H3,(H,35,39)(H,33,34,38). The van der Waals surface area contributed by atoms with E-state index in [0.29, 0.717) is 18.3 Å². The first kappa shape index (κ1) is 30.1. The summed E-state index contributed by atoms with van der Waals surface area (Å²) in [5, 5.41) is 10.5. The number of carbonyl (C=O) groups excluding carboxylic acids is 2. The number of alkyl carbamates (subject to hydrolysis) is 1. The quantitative estimate of drug-likeness (QED) is 0.335. The number of aromatic nitrogens is 3. The number of ether oxygens (including phenoxy) is 2. The van der Waals surface area contributed by atoms with Crippen LogP contribution < -0.4 is 15.4 Å². The highest BCUT2D eigenvalue weighted by atomic mass is 16.6. The van der Waals surface area contributed by atoms with Gasteiger partial charge in [-0.25, -0.2) is 9.78 Å². The molecular formula is C32H43N5O4. The Balaban J connectivity index is 1.47. The molecule has 1 aliphatic rings. The third-order valence-electron chi connectivity index (χ3n) is 7.63. The number of anilines is 1. The third-order valence-corrected chi connectivity index (χ3v) is 7.63. The highest BCUT2D eigenvalue weighted by molar-refractivity contribution is 5.95. The summed E-state index contributed by atoms with van der Waals surface area (Å²) in [6, 6.07) is 11.7. The number of methoxy groups -OCH3 is 1. The molecule has 2 amide bonds. The Labute approximate surface area is 243 Å². The van der Waals surface area contributed by atoms with Gasteiger partial charge < -0.3 is 20.1 Å². The fraction of sp³-hybridized carbons (Fsp3) is 0.500. The second-order valence-corrected chi connectivity index (χ2v) is 12.2. The van der Waals surface area contributed by atoms with E-state index in [4.69, 9.17) is 14.6 Å². The number of benzene rings is 1. The van der Waals surface area contributed by atoms with Gasteiger partial charge in [-0.3, -0.25) is 9.48 Å². The van der Waals surface area contributed by atoms with Gasteiger partial charge in [-0.05, 0) is 83.2 Å². The molecule has 41 heavy (non-hydrogen) atoms. The topological polar surface area (TPSA) is 107 Å². The summed E-state index contributed by atoms with van der Waals surface area (Å²) in [4.78, 5) is 30.5. The van der Waals surface area contributed by atoms with Crippen LogP contribution in [0.3, 0.4) is 0 Å². The van der Waals surface area contributed by atoms with Crippen LogP contribution in [0.4, 0.5) is 10.6 Å². The van der Waals surface area contributed by atoms with Crippen LogP contribution in [0.2, 0.25) is 0 Å². The van der Waals surface area contributed by atoms with Crippen LogP contribution in [0.5, 0.6) is 5.75 Å². The molecule has 9 heteroatoms. The van der Waals surface area contributed by atoms with Gasteiger partial charge in [0, 0.05) is 34.5 Å². The predicted octanol–water partition coefficient (Wildman–Crippen LogP) is 6.28. The van der Waals surface area contributed by atoms with Crippen LogP contribution in [0.25, 0.3) is 11.1 Å². The number of carbonyl (C=O) groups is 2. The van der Waals surface area contributed by atoms with Crippen molar-refractivity contribution in [1.29, 1.82) is 0 Å². The largest absolute Gasteiger partial charge is 0.497 e. The second kappa shape index (κ2) is 12.7. The minimum Gasteiger partial charge on any atom is -0.497 e. The molecule has 1 aromatic carbocycles.